The fourth-order valence-electron chi connectivity index (χ4n) is 2.98. The van der Waals surface area contributed by atoms with Gasteiger partial charge >= 0.3 is 5.97 Å². The van der Waals surface area contributed by atoms with Crippen molar-refractivity contribution in [1.29, 1.82) is 0 Å². The van der Waals surface area contributed by atoms with Gasteiger partial charge in [0.1, 0.15) is 12.4 Å². The van der Waals surface area contributed by atoms with Gasteiger partial charge in [-0.15, -0.1) is 0 Å². The summed E-state index contributed by atoms with van der Waals surface area (Å²) in [7, 11) is 0. The Morgan fingerprint density at radius 1 is 1.07 bits per heavy atom. The molecular formula is C23H22ClNO3. The summed E-state index contributed by atoms with van der Waals surface area (Å²) in [6.45, 7) is 4.92. The maximum absolute atomic E-state index is 11.1. The van der Waals surface area contributed by atoms with E-state index >= 15 is 0 Å². The van der Waals surface area contributed by atoms with E-state index in [1.165, 1.54) is 5.56 Å². The van der Waals surface area contributed by atoms with Gasteiger partial charge in [0, 0.05) is 22.8 Å². The van der Waals surface area contributed by atoms with Gasteiger partial charge in [0.25, 0.3) is 0 Å². The molecule has 3 rings (SSSR count). The second-order valence-corrected chi connectivity index (χ2v) is 7.15. The molecule has 3 aromatic carbocycles. The maximum Gasteiger partial charge on any atom is 0.335 e. The van der Waals surface area contributed by atoms with E-state index in [0.717, 1.165) is 28.1 Å². The molecule has 0 unspecified atom stereocenters. The third-order valence-electron chi connectivity index (χ3n) is 4.44. The second-order valence-electron chi connectivity index (χ2n) is 6.72. The van der Waals surface area contributed by atoms with Crippen molar-refractivity contribution < 1.29 is 14.6 Å². The molecule has 0 aliphatic carbocycles. The minimum atomic E-state index is -0.934. The highest BCUT2D eigenvalue weighted by Gasteiger charge is 2.09. The fraction of sp³-hybridized carbons (Fsp3) is 0.174. The average molecular weight is 396 g/mol. The Morgan fingerprint density at radius 3 is 2.61 bits per heavy atom. The lowest BCUT2D eigenvalue weighted by Gasteiger charge is -2.15. The Hall–Kier alpha value is -2.98. The normalized spacial score (nSPS) is 10.5. The fourth-order valence-corrected chi connectivity index (χ4v) is 3.17. The molecular weight excluding hydrogens is 374 g/mol. The van der Waals surface area contributed by atoms with Crippen molar-refractivity contribution in [3.8, 4) is 5.75 Å². The van der Waals surface area contributed by atoms with E-state index in [9.17, 15) is 4.79 Å². The summed E-state index contributed by atoms with van der Waals surface area (Å²) in [4.78, 5) is 11.1. The number of rotatable bonds is 7. The van der Waals surface area contributed by atoms with Crippen LogP contribution in [0.25, 0.3) is 0 Å². The lowest BCUT2D eigenvalue weighted by molar-refractivity contribution is 0.0697. The van der Waals surface area contributed by atoms with Crippen molar-refractivity contribution in [1.82, 2.24) is 0 Å². The monoisotopic (exact) mass is 395 g/mol. The molecule has 0 radical (unpaired) electrons. The van der Waals surface area contributed by atoms with Crippen molar-refractivity contribution in [3.05, 3.63) is 93.5 Å². The molecule has 5 heteroatoms. The van der Waals surface area contributed by atoms with Gasteiger partial charge in [-0.05, 0) is 61.4 Å². The van der Waals surface area contributed by atoms with Crippen molar-refractivity contribution in [2.24, 2.45) is 0 Å². The molecule has 0 saturated heterocycles. The predicted molar refractivity (Wildman–Crippen MR) is 112 cm³/mol. The summed E-state index contributed by atoms with van der Waals surface area (Å²) in [6, 6.07) is 18.8. The molecule has 0 bridgehead atoms. The van der Waals surface area contributed by atoms with Crippen LogP contribution in [0.5, 0.6) is 5.75 Å². The molecule has 0 spiro atoms. The largest absolute Gasteiger partial charge is 0.489 e. The first-order valence-electron chi connectivity index (χ1n) is 8.97. The molecule has 0 aliphatic rings. The molecule has 0 heterocycles. The van der Waals surface area contributed by atoms with E-state index in [4.69, 9.17) is 21.4 Å². The van der Waals surface area contributed by atoms with Crippen LogP contribution in [0.4, 0.5) is 5.69 Å². The minimum Gasteiger partial charge on any atom is -0.489 e. The first-order chi connectivity index (χ1) is 13.4. The van der Waals surface area contributed by atoms with E-state index in [0.29, 0.717) is 18.2 Å². The quantitative estimate of drug-likeness (QED) is 0.527. The summed E-state index contributed by atoms with van der Waals surface area (Å²) in [5.41, 5.74) is 5.24. The zero-order chi connectivity index (χ0) is 20.1. The van der Waals surface area contributed by atoms with Crippen molar-refractivity contribution in [2.45, 2.75) is 27.0 Å². The van der Waals surface area contributed by atoms with Gasteiger partial charge in [-0.3, -0.25) is 0 Å². The number of benzene rings is 3. The topological polar surface area (TPSA) is 58.6 Å². The Labute approximate surface area is 169 Å². The van der Waals surface area contributed by atoms with Crippen molar-refractivity contribution in [2.75, 3.05) is 5.32 Å². The summed E-state index contributed by atoms with van der Waals surface area (Å²) in [6.07, 6.45) is 0. The number of hydrogen-bond donors (Lipinski definition) is 2. The van der Waals surface area contributed by atoms with E-state index in [1.807, 2.05) is 37.3 Å². The van der Waals surface area contributed by atoms with Crippen LogP contribution < -0.4 is 10.1 Å². The van der Waals surface area contributed by atoms with Crippen molar-refractivity contribution >= 4 is 23.3 Å². The highest BCUT2D eigenvalue weighted by molar-refractivity contribution is 6.30. The van der Waals surface area contributed by atoms with Gasteiger partial charge < -0.3 is 15.2 Å². The van der Waals surface area contributed by atoms with Crippen LogP contribution in [-0.4, -0.2) is 11.1 Å². The number of anilines is 1. The molecule has 4 nitrogen and oxygen atoms in total. The third kappa shape index (κ3) is 5.05. The Balaban J connectivity index is 1.73. The van der Waals surface area contributed by atoms with Crippen LogP contribution >= 0.6 is 11.6 Å². The molecule has 0 saturated carbocycles. The predicted octanol–water partition coefficient (Wildman–Crippen LogP) is 5.85. The number of nitrogens with one attached hydrogen (secondary N) is 1. The van der Waals surface area contributed by atoms with E-state index in [-0.39, 0.29) is 5.56 Å². The molecule has 144 valence electrons. The molecule has 0 fully saturated rings. The zero-order valence-corrected chi connectivity index (χ0v) is 16.6. The van der Waals surface area contributed by atoms with Gasteiger partial charge in [0.15, 0.2) is 0 Å². The van der Waals surface area contributed by atoms with Crippen LogP contribution in [0.3, 0.4) is 0 Å². The first-order valence-corrected chi connectivity index (χ1v) is 9.35. The Kier molecular flexibility index (Phi) is 6.22. The molecule has 2 N–H and O–H groups in total. The number of ether oxygens (including phenoxy) is 1. The third-order valence-corrected chi connectivity index (χ3v) is 4.68. The molecule has 3 aromatic rings. The van der Waals surface area contributed by atoms with Crippen molar-refractivity contribution in [3.63, 3.8) is 0 Å². The standard InChI is InChI=1S/C23H22ClNO3/c1-15-4-3-5-17(10-15)14-28-22-9-7-20(24)12-19(22)13-25-21-8-6-18(23(26)27)11-16(21)2/h3-12,25H,13-14H2,1-2H3,(H,26,27). The number of carbonyl (C=O) groups is 1. The number of aromatic carboxylic acids is 1. The number of hydrogen-bond acceptors (Lipinski definition) is 3. The second kappa shape index (κ2) is 8.81. The molecule has 0 atom stereocenters. The SMILES string of the molecule is Cc1cccc(COc2ccc(Cl)cc2CNc2ccc(C(=O)O)cc2C)c1. The van der Waals surface area contributed by atoms with Gasteiger partial charge in [0.2, 0.25) is 0 Å². The zero-order valence-electron chi connectivity index (χ0n) is 15.8. The van der Waals surface area contributed by atoms with Gasteiger partial charge in [-0.25, -0.2) is 4.79 Å². The van der Waals surface area contributed by atoms with Crippen LogP contribution in [0.2, 0.25) is 5.02 Å². The number of carboxylic acid groups (broad SMARTS) is 1. The highest BCUT2D eigenvalue weighted by atomic mass is 35.5. The lowest BCUT2D eigenvalue weighted by Crippen LogP contribution is -2.06. The average Bonchev–Trinajstić information content (AvgIpc) is 2.66. The molecule has 28 heavy (non-hydrogen) atoms. The summed E-state index contributed by atoms with van der Waals surface area (Å²) in [5, 5.41) is 13.1. The number of carboxylic acids is 1. The smallest absolute Gasteiger partial charge is 0.335 e. The van der Waals surface area contributed by atoms with Gasteiger partial charge in [-0.1, -0.05) is 41.4 Å². The number of aryl methyl sites for hydroxylation is 2. The van der Waals surface area contributed by atoms with Gasteiger partial charge in [0.05, 0.1) is 5.56 Å². The summed E-state index contributed by atoms with van der Waals surface area (Å²) >= 11 is 6.17. The van der Waals surface area contributed by atoms with Crippen LogP contribution in [0, 0.1) is 13.8 Å². The van der Waals surface area contributed by atoms with Gasteiger partial charge in [-0.2, -0.15) is 0 Å². The lowest BCUT2D eigenvalue weighted by atomic mass is 10.1. The van der Waals surface area contributed by atoms with E-state index < -0.39 is 5.97 Å². The van der Waals surface area contributed by atoms with Crippen LogP contribution in [0.1, 0.15) is 32.6 Å². The molecule has 0 aliphatic heterocycles. The van der Waals surface area contributed by atoms with E-state index in [2.05, 4.69) is 24.4 Å². The minimum absolute atomic E-state index is 0.271. The molecule has 0 amide bonds. The highest BCUT2D eigenvalue weighted by Crippen LogP contribution is 2.26. The van der Waals surface area contributed by atoms with Crippen LogP contribution in [-0.2, 0) is 13.2 Å². The molecule has 0 aromatic heterocycles. The number of halogens is 1. The van der Waals surface area contributed by atoms with E-state index in [1.54, 1.807) is 18.2 Å². The van der Waals surface area contributed by atoms with Crippen LogP contribution in [0.15, 0.2) is 60.7 Å². The maximum atomic E-state index is 11.1. The first kappa shape index (κ1) is 19.8. The Morgan fingerprint density at radius 2 is 1.89 bits per heavy atom. The Bertz CT molecular complexity index is 1000. The summed E-state index contributed by atoms with van der Waals surface area (Å²) < 4.78 is 6.03. The summed E-state index contributed by atoms with van der Waals surface area (Å²) in [5.74, 6) is -0.172.